The Morgan fingerprint density at radius 3 is 2.19 bits per heavy atom. The summed E-state index contributed by atoms with van der Waals surface area (Å²) < 4.78 is 39.2. The van der Waals surface area contributed by atoms with Crippen LogP contribution >= 0.6 is 0 Å². The zero-order chi connectivity index (χ0) is 22.6. The van der Waals surface area contributed by atoms with Gasteiger partial charge in [0.25, 0.3) is 0 Å². The Morgan fingerprint density at radius 2 is 1.55 bits per heavy atom. The molecule has 0 saturated carbocycles. The van der Waals surface area contributed by atoms with Gasteiger partial charge in [0, 0.05) is 24.5 Å². The summed E-state index contributed by atoms with van der Waals surface area (Å²) in [6.45, 7) is 9.25. The van der Waals surface area contributed by atoms with E-state index in [0.717, 1.165) is 28.9 Å². The van der Waals surface area contributed by atoms with E-state index < -0.39 is 11.7 Å². The molecule has 3 rings (SSSR count). The number of nitrogens with one attached hydrogen (secondary N) is 2. The molecule has 2 N–H and O–H groups in total. The summed E-state index contributed by atoms with van der Waals surface area (Å²) >= 11 is 0. The van der Waals surface area contributed by atoms with Crippen LogP contribution in [0.3, 0.4) is 0 Å². The SMILES string of the molecule is CCN(CC)c1nc(Nc2cccc(C(F)(F)F)c2)nc(Nc2cc(C)ccc2C)n1. The summed E-state index contributed by atoms with van der Waals surface area (Å²) in [5, 5.41) is 6.09. The van der Waals surface area contributed by atoms with Crippen molar-refractivity contribution in [1.82, 2.24) is 15.0 Å². The summed E-state index contributed by atoms with van der Waals surface area (Å²) in [6, 6.07) is 10.9. The Bertz CT molecular complexity index is 1050. The lowest BCUT2D eigenvalue weighted by molar-refractivity contribution is -0.137. The molecule has 2 aromatic carbocycles. The van der Waals surface area contributed by atoms with Crippen molar-refractivity contribution in [2.45, 2.75) is 33.9 Å². The molecule has 0 aliphatic heterocycles. The molecule has 0 amide bonds. The molecule has 0 bridgehead atoms. The van der Waals surface area contributed by atoms with E-state index in [1.807, 2.05) is 50.8 Å². The summed E-state index contributed by atoms with van der Waals surface area (Å²) in [4.78, 5) is 15.3. The van der Waals surface area contributed by atoms with Crippen LogP contribution in [-0.2, 0) is 6.18 Å². The van der Waals surface area contributed by atoms with Crippen molar-refractivity contribution in [3.8, 4) is 0 Å². The molecule has 31 heavy (non-hydrogen) atoms. The van der Waals surface area contributed by atoms with E-state index in [4.69, 9.17) is 0 Å². The summed E-state index contributed by atoms with van der Waals surface area (Å²) in [7, 11) is 0. The average Bonchev–Trinajstić information content (AvgIpc) is 2.71. The van der Waals surface area contributed by atoms with Gasteiger partial charge in [-0.3, -0.25) is 0 Å². The van der Waals surface area contributed by atoms with Crippen molar-refractivity contribution >= 4 is 29.2 Å². The number of halogens is 3. The highest BCUT2D eigenvalue weighted by Crippen LogP contribution is 2.31. The van der Waals surface area contributed by atoms with Gasteiger partial charge in [-0.1, -0.05) is 18.2 Å². The number of aromatic nitrogens is 3. The number of alkyl halides is 3. The Morgan fingerprint density at radius 1 is 0.871 bits per heavy atom. The lowest BCUT2D eigenvalue weighted by Gasteiger charge is -2.20. The standard InChI is InChI=1S/C22H25F3N6/c1-5-31(6-2)21-29-19(26-17-9-7-8-16(13-17)22(23,24)25)28-20(30-21)27-18-12-14(3)10-11-15(18)4/h7-13H,5-6H2,1-4H3,(H2,26,27,28,29,30). The molecule has 164 valence electrons. The second-order valence-corrected chi connectivity index (χ2v) is 7.10. The zero-order valence-electron chi connectivity index (χ0n) is 17.9. The number of benzene rings is 2. The van der Waals surface area contributed by atoms with Gasteiger partial charge in [-0.25, -0.2) is 0 Å². The summed E-state index contributed by atoms with van der Waals surface area (Å²) in [5.74, 6) is 0.895. The molecule has 0 unspecified atom stereocenters. The molecular weight excluding hydrogens is 405 g/mol. The monoisotopic (exact) mass is 430 g/mol. The van der Waals surface area contributed by atoms with Gasteiger partial charge in [0.15, 0.2) is 0 Å². The molecule has 6 nitrogen and oxygen atoms in total. The molecule has 0 radical (unpaired) electrons. The zero-order valence-corrected chi connectivity index (χ0v) is 17.9. The van der Waals surface area contributed by atoms with E-state index in [1.165, 1.54) is 12.1 Å². The van der Waals surface area contributed by atoms with E-state index in [9.17, 15) is 13.2 Å². The van der Waals surface area contributed by atoms with Gasteiger partial charge in [-0.2, -0.15) is 28.1 Å². The number of nitrogens with zero attached hydrogens (tertiary/aromatic N) is 4. The second-order valence-electron chi connectivity index (χ2n) is 7.10. The van der Waals surface area contributed by atoms with Crippen LogP contribution in [0.5, 0.6) is 0 Å². The first-order chi connectivity index (χ1) is 14.7. The first kappa shape index (κ1) is 22.3. The van der Waals surface area contributed by atoms with Crippen LogP contribution in [0.15, 0.2) is 42.5 Å². The highest BCUT2D eigenvalue weighted by Gasteiger charge is 2.30. The highest BCUT2D eigenvalue weighted by atomic mass is 19.4. The molecule has 0 saturated heterocycles. The first-order valence-electron chi connectivity index (χ1n) is 9.99. The van der Waals surface area contributed by atoms with Crippen molar-refractivity contribution in [3.05, 3.63) is 59.2 Å². The minimum absolute atomic E-state index is 0.157. The van der Waals surface area contributed by atoms with E-state index in [-0.39, 0.29) is 11.6 Å². The average molecular weight is 430 g/mol. The molecule has 0 spiro atoms. The van der Waals surface area contributed by atoms with Gasteiger partial charge in [0.2, 0.25) is 17.8 Å². The first-order valence-corrected chi connectivity index (χ1v) is 9.99. The lowest BCUT2D eigenvalue weighted by atomic mass is 10.1. The molecule has 0 atom stereocenters. The van der Waals surface area contributed by atoms with Crippen LogP contribution in [0.2, 0.25) is 0 Å². The van der Waals surface area contributed by atoms with Crippen LogP contribution < -0.4 is 15.5 Å². The smallest absolute Gasteiger partial charge is 0.341 e. The molecular formula is C22H25F3N6. The van der Waals surface area contributed by atoms with Gasteiger partial charge in [0.05, 0.1) is 5.56 Å². The fraction of sp³-hybridized carbons (Fsp3) is 0.318. The van der Waals surface area contributed by atoms with Crippen molar-refractivity contribution in [2.75, 3.05) is 28.6 Å². The van der Waals surface area contributed by atoms with Gasteiger partial charge >= 0.3 is 6.18 Å². The van der Waals surface area contributed by atoms with Gasteiger partial charge in [0.1, 0.15) is 0 Å². The highest BCUT2D eigenvalue weighted by molar-refractivity contribution is 5.62. The molecule has 0 fully saturated rings. The molecule has 0 aliphatic rings. The van der Waals surface area contributed by atoms with Gasteiger partial charge in [-0.15, -0.1) is 0 Å². The van der Waals surface area contributed by atoms with E-state index in [2.05, 4.69) is 25.6 Å². The van der Waals surface area contributed by atoms with Crippen LogP contribution in [0.1, 0.15) is 30.5 Å². The van der Waals surface area contributed by atoms with Crippen molar-refractivity contribution in [2.24, 2.45) is 0 Å². The number of hydrogen-bond acceptors (Lipinski definition) is 6. The molecule has 9 heteroatoms. The molecule has 3 aromatic rings. The topological polar surface area (TPSA) is 66.0 Å². The third kappa shape index (κ3) is 5.62. The van der Waals surface area contributed by atoms with Gasteiger partial charge in [-0.05, 0) is 63.1 Å². The third-order valence-electron chi connectivity index (χ3n) is 4.76. The fourth-order valence-corrected chi connectivity index (χ4v) is 3.02. The number of rotatable bonds is 7. The Kier molecular flexibility index (Phi) is 6.62. The van der Waals surface area contributed by atoms with Crippen LogP contribution in [0.4, 0.5) is 42.4 Å². The fourth-order valence-electron chi connectivity index (χ4n) is 3.02. The Balaban J connectivity index is 1.98. The Hall–Kier alpha value is -3.36. The largest absolute Gasteiger partial charge is 0.416 e. The number of hydrogen-bond donors (Lipinski definition) is 2. The summed E-state index contributed by atoms with van der Waals surface area (Å²) in [6.07, 6.45) is -4.43. The normalized spacial score (nSPS) is 11.3. The maximum atomic E-state index is 13.1. The maximum absolute atomic E-state index is 13.1. The number of anilines is 5. The van der Waals surface area contributed by atoms with Crippen LogP contribution in [0, 0.1) is 13.8 Å². The van der Waals surface area contributed by atoms with Crippen molar-refractivity contribution < 1.29 is 13.2 Å². The van der Waals surface area contributed by atoms with E-state index in [0.29, 0.717) is 25.0 Å². The minimum Gasteiger partial charge on any atom is -0.341 e. The van der Waals surface area contributed by atoms with Crippen molar-refractivity contribution in [3.63, 3.8) is 0 Å². The van der Waals surface area contributed by atoms with Crippen LogP contribution in [0.25, 0.3) is 0 Å². The third-order valence-corrected chi connectivity index (χ3v) is 4.76. The quantitative estimate of drug-likeness (QED) is 0.491. The van der Waals surface area contributed by atoms with E-state index >= 15 is 0 Å². The Labute approximate surface area is 179 Å². The lowest BCUT2D eigenvalue weighted by Crippen LogP contribution is -2.25. The molecule has 1 heterocycles. The molecule has 1 aromatic heterocycles. The predicted octanol–water partition coefficient (Wildman–Crippen LogP) is 5.84. The second kappa shape index (κ2) is 9.20. The molecule has 0 aliphatic carbocycles. The maximum Gasteiger partial charge on any atom is 0.416 e. The van der Waals surface area contributed by atoms with Gasteiger partial charge < -0.3 is 15.5 Å². The number of aryl methyl sites for hydroxylation is 2. The predicted molar refractivity (Wildman–Crippen MR) is 117 cm³/mol. The van der Waals surface area contributed by atoms with Crippen LogP contribution in [-0.4, -0.2) is 28.0 Å². The van der Waals surface area contributed by atoms with Crippen molar-refractivity contribution in [1.29, 1.82) is 0 Å². The minimum atomic E-state index is -4.43. The van der Waals surface area contributed by atoms with E-state index in [1.54, 1.807) is 0 Å². The summed E-state index contributed by atoms with van der Waals surface area (Å²) in [5.41, 5.74) is 2.44.